The minimum absolute atomic E-state index is 0.291. The zero-order chi connectivity index (χ0) is 15.2. The molecule has 2 aromatic rings. The van der Waals surface area contributed by atoms with Gasteiger partial charge in [0.15, 0.2) is 5.78 Å². The zero-order valence-electron chi connectivity index (χ0n) is 12.0. The molecule has 0 atom stereocenters. The van der Waals surface area contributed by atoms with Crippen molar-refractivity contribution < 1.29 is 19.1 Å². The van der Waals surface area contributed by atoms with Gasteiger partial charge in [0.25, 0.3) is 0 Å². The number of rotatable bonds is 5. The van der Waals surface area contributed by atoms with E-state index in [4.69, 9.17) is 4.74 Å². The van der Waals surface area contributed by atoms with Crippen molar-refractivity contribution in [1.82, 2.24) is 0 Å². The fraction of sp³-hybridized carbons (Fsp3) is 0.176. The maximum absolute atomic E-state index is 12.4. The molecule has 0 aromatic heterocycles. The Kier molecular flexibility index (Phi) is 4.72. The van der Waals surface area contributed by atoms with E-state index in [1.807, 2.05) is 37.3 Å². The van der Waals surface area contributed by atoms with E-state index in [2.05, 4.69) is 4.74 Å². The Labute approximate surface area is 123 Å². The van der Waals surface area contributed by atoms with Crippen molar-refractivity contribution in [1.29, 1.82) is 0 Å². The second-order valence-electron chi connectivity index (χ2n) is 4.31. The number of hydrogen-bond acceptors (Lipinski definition) is 4. The van der Waals surface area contributed by atoms with Crippen LogP contribution >= 0.6 is 0 Å². The highest BCUT2D eigenvalue weighted by Crippen LogP contribution is 2.28. The topological polar surface area (TPSA) is 52.6 Å². The molecule has 2 rings (SSSR count). The first-order chi connectivity index (χ1) is 10.2. The van der Waals surface area contributed by atoms with Gasteiger partial charge in [0, 0.05) is 6.08 Å². The highest BCUT2D eigenvalue weighted by molar-refractivity contribution is 6.16. The molecule has 0 saturated heterocycles. The molecular formula is C17H16O4. The number of allylic oxidation sites excluding steroid dienone is 1. The monoisotopic (exact) mass is 284 g/mol. The first-order valence-electron chi connectivity index (χ1n) is 6.62. The lowest BCUT2D eigenvalue weighted by Crippen LogP contribution is -2.04. The minimum Gasteiger partial charge on any atom is -0.493 e. The third-order valence-electron chi connectivity index (χ3n) is 3.01. The molecule has 0 spiro atoms. The van der Waals surface area contributed by atoms with E-state index in [-0.39, 0.29) is 5.78 Å². The lowest BCUT2D eigenvalue weighted by Gasteiger charge is -2.11. The largest absolute Gasteiger partial charge is 0.493 e. The van der Waals surface area contributed by atoms with E-state index < -0.39 is 5.97 Å². The van der Waals surface area contributed by atoms with Gasteiger partial charge in [-0.1, -0.05) is 30.3 Å². The molecule has 0 bridgehead atoms. The maximum atomic E-state index is 12.4. The quantitative estimate of drug-likeness (QED) is 0.481. The van der Waals surface area contributed by atoms with E-state index in [9.17, 15) is 9.59 Å². The summed E-state index contributed by atoms with van der Waals surface area (Å²) in [4.78, 5) is 23.5. The summed E-state index contributed by atoms with van der Waals surface area (Å²) in [6.45, 7) is 2.31. The molecule has 0 N–H and O–H groups in total. The van der Waals surface area contributed by atoms with Crippen molar-refractivity contribution in [2.24, 2.45) is 0 Å². The van der Waals surface area contributed by atoms with E-state index in [0.29, 0.717) is 17.9 Å². The van der Waals surface area contributed by atoms with Gasteiger partial charge in [-0.3, -0.25) is 4.79 Å². The molecule has 0 aliphatic rings. The average molecular weight is 284 g/mol. The van der Waals surface area contributed by atoms with E-state index in [0.717, 1.165) is 16.8 Å². The molecule has 4 heteroatoms. The fourth-order valence-corrected chi connectivity index (χ4v) is 2.08. The molecule has 21 heavy (non-hydrogen) atoms. The van der Waals surface area contributed by atoms with Crippen molar-refractivity contribution in [2.45, 2.75) is 6.92 Å². The predicted octanol–water partition coefficient (Wildman–Crippen LogP) is 3.15. The molecule has 0 fully saturated rings. The number of carbonyl (C=O) groups is 2. The summed E-state index contributed by atoms with van der Waals surface area (Å²) in [5, 5.41) is 1.73. The van der Waals surface area contributed by atoms with Gasteiger partial charge in [-0.2, -0.15) is 0 Å². The first-order valence-corrected chi connectivity index (χ1v) is 6.62. The van der Waals surface area contributed by atoms with Gasteiger partial charge in [-0.15, -0.1) is 0 Å². The molecule has 0 aliphatic heterocycles. The van der Waals surface area contributed by atoms with Crippen LogP contribution in [0.5, 0.6) is 5.75 Å². The van der Waals surface area contributed by atoms with E-state index >= 15 is 0 Å². The molecule has 0 radical (unpaired) electrons. The van der Waals surface area contributed by atoms with Crippen LogP contribution in [0.3, 0.4) is 0 Å². The molecule has 0 unspecified atom stereocenters. The van der Waals surface area contributed by atoms with Gasteiger partial charge >= 0.3 is 5.97 Å². The number of ether oxygens (including phenoxy) is 2. The van der Waals surface area contributed by atoms with Crippen molar-refractivity contribution >= 4 is 22.5 Å². The van der Waals surface area contributed by atoms with Crippen molar-refractivity contribution in [2.75, 3.05) is 13.7 Å². The van der Waals surface area contributed by atoms with Crippen LogP contribution in [0, 0.1) is 0 Å². The van der Waals surface area contributed by atoms with Crippen molar-refractivity contribution in [3.8, 4) is 5.75 Å². The Morgan fingerprint density at radius 3 is 2.57 bits per heavy atom. The second-order valence-corrected chi connectivity index (χ2v) is 4.31. The van der Waals surface area contributed by atoms with Crippen LogP contribution in [0.1, 0.15) is 17.3 Å². The second kappa shape index (κ2) is 6.70. The summed E-state index contributed by atoms with van der Waals surface area (Å²) in [7, 11) is 1.26. The number of esters is 1. The highest BCUT2D eigenvalue weighted by Gasteiger charge is 2.14. The normalized spacial score (nSPS) is 10.8. The van der Waals surface area contributed by atoms with Gasteiger partial charge in [-0.25, -0.2) is 4.79 Å². The van der Waals surface area contributed by atoms with Gasteiger partial charge in [0.05, 0.1) is 19.3 Å². The number of methoxy groups -OCH3 is 1. The maximum Gasteiger partial charge on any atom is 0.330 e. The number of fused-ring (bicyclic) bond motifs is 1. The molecule has 0 amide bonds. The highest BCUT2D eigenvalue weighted by atomic mass is 16.5. The van der Waals surface area contributed by atoms with Crippen LogP contribution in [0.15, 0.2) is 48.6 Å². The SMILES string of the molecule is CCOc1ccc2ccccc2c1C(=O)/C=C/C(=O)OC. The average Bonchev–Trinajstić information content (AvgIpc) is 2.52. The van der Waals surface area contributed by atoms with Crippen molar-refractivity contribution in [3.63, 3.8) is 0 Å². The van der Waals surface area contributed by atoms with Crippen LogP contribution in [-0.4, -0.2) is 25.5 Å². The van der Waals surface area contributed by atoms with Crippen molar-refractivity contribution in [3.05, 3.63) is 54.1 Å². The number of ketones is 1. The Hall–Kier alpha value is -2.62. The number of benzene rings is 2. The summed E-state index contributed by atoms with van der Waals surface area (Å²) < 4.78 is 10.0. The van der Waals surface area contributed by atoms with Gasteiger partial charge in [0.2, 0.25) is 0 Å². The van der Waals surface area contributed by atoms with Gasteiger partial charge in [-0.05, 0) is 29.8 Å². The van der Waals surface area contributed by atoms with Crippen LogP contribution < -0.4 is 4.74 Å². The van der Waals surface area contributed by atoms with Crippen LogP contribution in [0.25, 0.3) is 10.8 Å². The predicted molar refractivity (Wildman–Crippen MR) is 80.6 cm³/mol. The third kappa shape index (κ3) is 3.28. The summed E-state index contributed by atoms with van der Waals surface area (Å²) in [6.07, 6.45) is 2.32. The number of carbonyl (C=O) groups excluding carboxylic acids is 2. The lowest BCUT2D eigenvalue weighted by molar-refractivity contribution is -0.134. The fourth-order valence-electron chi connectivity index (χ4n) is 2.08. The molecule has 0 heterocycles. The summed E-state index contributed by atoms with van der Waals surface area (Å²) >= 11 is 0. The molecule has 0 aliphatic carbocycles. The van der Waals surface area contributed by atoms with E-state index in [1.165, 1.54) is 13.2 Å². The minimum atomic E-state index is -0.568. The van der Waals surface area contributed by atoms with Crippen LogP contribution in [0.2, 0.25) is 0 Å². The summed E-state index contributed by atoms with van der Waals surface area (Å²) in [6, 6.07) is 11.2. The molecule has 0 saturated carbocycles. The zero-order valence-corrected chi connectivity index (χ0v) is 12.0. The summed E-state index contributed by atoms with van der Waals surface area (Å²) in [5.41, 5.74) is 0.454. The van der Waals surface area contributed by atoms with E-state index in [1.54, 1.807) is 6.07 Å². The molecule has 108 valence electrons. The van der Waals surface area contributed by atoms with Crippen LogP contribution in [0.4, 0.5) is 0 Å². The van der Waals surface area contributed by atoms with Gasteiger partial charge in [0.1, 0.15) is 5.75 Å². The first kappa shape index (κ1) is 14.8. The number of hydrogen-bond donors (Lipinski definition) is 0. The Balaban J connectivity index is 2.53. The standard InChI is InChI=1S/C17H16O4/c1-3-21-15-10-8-12-6-4-5-7-13(12)17(15)14(18)9-11-16(19)20-2/h4-11H,3H2,1-2H3/b11-9+. The van der Waals surface area contributed by atoms with Crippen LogP contribution in [-0.2, 0) is 9.53 Å². The third-order valence-corrected chi connectivity index (χ3v) is 3.01. The molecule has 4 nitrogen and oxygen atoms in total. The Morgan fingerprint density at radius 2 is 1.86 bits per heavy atom. The lowest BCUT2D eigenvalue weighted by atomic mass is 10.00. The smallest absolute Gasteiger partial charge is 0.330 e. The Bertz CT molecular complexity index is 701. The van der Waals surface area contributed by atoms with Gasteiger partial charge < -0.3 is 9.47 Å². The molecule has 2 aromatic carbocycles. The Morgan fingerprint density at radius 1 is 1.10 bits per heavy atom. The summed E-state index contributed by atoms with van der Waals surface area (Å²) in [5.74, 6) is -0.349. The molecular weight excluding hydrogens is 268 g/mol.